The molecule has 1 aliphatic carbocycles. The zero-order valence-electron chi connectivity index (χ0n) is 14.5. The summed E-state index contributed by atoms with van der Waals surface area (Å²) in [5, 5.41) is 0.548. The van der Waals surface area contributed by atoms with Crippen LogP contribution in [0.15, 0.2) is 52.5 Å². The number of benzene rings is 1. The molecule has 0 saturated carbocycles. The lowest BCUT2D eigenvalue weighted by molar-refractivity contribution is 0.590. The lowest BCUT2D eigenvalue weighted by Crippen LogP contribution is -2.10. The highest BCUT2D eigenvalue weighted by atomic mass is 32.2. The van der Waals surface area contributed by atoms with Crippen LogP contribution in [0.1, 0.15) is 52.7 Å². The zero-order valence-corrected chi connectivity index (χ0v) is 15.3. The third-order valence-electron chi connectivity index (χ3n) is 4.60. The molecule has 1 atom stereocenters. The predicted octanol–water partition coefficient (Wildman–Crippen LogP) is 6.35. The van der Waals surface area contributed by atoms with Gasteiger partial charge in [0.1, 0.15) is 0 Å². The van der Waals surface area contributed by atoms with Crippen molar-refractivity contribution in [3.63, 3.8) is 0 Å². The number of hydrogen-bond acceptors (Lipinski definition) is 1. The van der Waals surface area contributed by atoms with Crippen molar-refractivity contribution < 1.29 is 0 Å². The van der Waals surface area contributed by atoms with E-state index in [0.29, 0.717) is 11.2 Å². The smallest absolute Gasteiger partial charge is 0.0328 e. The first kappa shape index (κ1) is 15.7. The molecule has 1 aromatic carbocycles. The first-order chi connectivity index (χ1) is 10.3. The highest BCUT2D eigenvalue weighted by Crippen LogP contribution is 2.50. The van der Waals surface area contributed by atoms with Crippen LogP contribution in [-0.2, 0) is 5.41 Å². The fourth-order valence-corrected chi connectivity index (χ4v) is 4.42. The van der Waals surface area contributed by atoms with Crippen molar-refractivity contribution in [3.8, 4) is 0 Å². The lowest BCUT2D eigenvalue weighted by atomic mass is 9.85. The topological polar surface area (TPSA) is 0 Å². The Morgan fingerprint density at radius 3 is 2.18 bits per heavy atom. The van der Waals surface area contributed by atoms with Crippen molar-refractivity contribution in [2.75, 3.05) is 0 Å². The van der Waals surface area contributed by atoms with Crippen LogP contribution >= 0.6 is 11.8 Å². The van der Waals surface area contributed by atoms with Gasteiger partial charge in [0, 0.05) is 10.2 Å². The summed E-state index contributed by atoms with van der Waals surface area (Å²) in [6.07, 6.45) is 4.79. The van der Waals surface area contributed by atoms with Gasteiger partial charge in [-0.1, -0.05) is 58.9 Å². The second kappa shape index (κ2) is 5.45. The van der Waals surface area contributed by atoms with Crippen molar-refractivity contribution in [2.24, 2.45) is 5.92 Å². The number of fused-ring (bicyclic) bond motifs is 1. The van der Waals surface area contributed by atoms with E-state index in [4.69, 9.17) is 0 Å². The van der Waals surface area contributed by atoms with Crippen LogP contribution in [0.5, 0.6) is 0 Å². The minimum Gasteiger partial charge on any atom is -0.118 e. The predicted molar refractivity (Wildman–Crippen MR) is 100 cm³/mol. The second-order valence-corrected chi connectivity index (χ2v) is 9.11. The Bertz CT molecular complexity index is 676. The van der Waals surface area contributed by atoms with E-state index >= 15 is 0 Å². The molecule has 0 fully saturated rings. The van der Waals surface area contributed by atoms with Gasteiger partial charge in [-0.2, -0.15) is 0 Å². The molecule has 2 aliphatic rings. The van der Waals surface area contributed by atoms with Crippen LogP contribution in [-0.4, -0.2) is 5.25 Å². The summed E-state index contributed by atoms with van der Waals surface area (Å²) in [4.78, 5) is 1.46. The number of thioether (sulfide) groups is 1. The molecule has 1 heterocycles. The molecule has 1 aliphatic heterocycles. The summed E-state index contributed by atoms with van der Waals surface area (Å²) >= 11 is 2.00. The van der Waals surface area contributed by atoms with Crippen LogP contribution in [0.4, 0.5) is 0 Å². The van der Waals surface area contributed by atoms with E-state index in [0.717, 1.165) is 0 Å². The average molecular weight is 311 g/mol. The van der Waals surface area contributed by atoms with Crippen LogP contribution in [0, 0.1) is 5.92 Å². The van der Waals surface area contributed by atoms with Gasteiger partial charge in [-0.3, -0.25) is 0 Å². The molecular formula is C21H26S. The van der Waals surface area contributed by atoms with E-state index in [2.05, 4.69) is 78.0 Å². The van der Waals surface area contributed by atoms with Crippen molar-refractivity contribution in [1.82, 2.24) is 0 Å². The molecular weight excluding hydrogens is 284 g/mol. The van der Waals surface area contributed by atoms with Gasteiger partial charge < -0.3 is 0 Å². The molecule has 0 aromatic heterocycles. The van der Waals surface area contributed by atoms with Gasteiger partial charge in [-0.25, -0.2) is 0 Å². The second-order valence-electron chi connectivity index (χ2n) is 7.72. The molecule has 116 valence electrons. The molecule has 1 heteroatoms. The largest absolute Gasteiger partial charge is 0.118 e. The highest BCUT2D eigenvalue weighted by Gasteiger charge is 2.30. The van der Waals surface area contributed by atoms with E-state index in [1.54, 1.807) is 0 Å². The third-order valence-corrected chi connectivity index (χ3v) is 5.78. The molecule has 1 unspecified atom stereocenters. The van der Waals surface area contributed by atoms with E-state index in [1.807, 2.05) is 11.8 Å². The van der Waals surface area contributed by atoms with E-state index in [-0.39, 0.29) is 5.41 Å². The summed E-state index contributed by atoms with van der Waals surface area (Å²) in [6, 6.07) is 9.21. The maximum Gasteiger partial charge on any atom is 0.0328 e. The van der Waals surface area contributed by atoms with Crippen molar-refractivity contribution in [1.29, 1.82) is 0 Å². The molecule has 0 saturated heterocycles. The molecule has 22 heavy (non-hydrogen) atoms. The Morgan fingerprint density at radius 2 is 1.64 bits per heavy atom. The van der Waals surface area contributed by atoms with Crippen LogP contribution in [0.2, 0.25) is 0 Å². The molecule has 0 nitrogen and oxygen atoms in total. The minimum absolute atomic E-state index is 0.218. The van der Waals surface area contributed by atoms with Gasteiger partial charge in [0.25, 0.3) is 0 Å². The highest BCUT2D eigenvalue weighted by molar-refractivity contribution is 8.04. The standard InChI is InChI=1S/C21H26S/c1-13(2)16-11-18-19(12-16)22-14(3)20(18)15-7-9-17(10-8-15)21(4,5)6/h7-14H,1-6H3. The van der Waals surface area contributed by atoms with Gasteiger partial charge in [-0.05, 0) is 58.3 Å². The van der Waals surface area contributed by atoms with E-state index in [1.165, 1.54) is 32.8 Å². The molecule has 3 rings (SSSR count). The zero-order chi connectivity index (χ0) is 16.1. The maximum atomic E-state index is 2.41. The van der Waals surface area contributed by atoms with Crippen LogP contribution < -0.4 is 0 Å². The van der Waals surface area contributed by atoms with Crippen LogP contribution in [0.3, 0.4) is 0 Å². The fourth-order valence-electron chi connectivity index (χ4n) is 3.16. The molecule has 0 spiro atoms. The molecule has 1 aromatic rings. The quantitative estimate of drug-likeness (QED) is 0.613. The minimum atomic E-state index is 0.218. The average Bonchev–Trinajstić information content (AvgIpc) is 2.94. The lowest BCUT2D eigenvalue weighted by Gasteiger charge is -2.20. The monoisotopic (exact) mass is 310 g/mol. The van der Waals surface area contributed by atoms with E-state index < -0.39 is 0 Å². The van der Waals surface area contributed by atoms with Crippen LogP contribution in [0.25, 0.3) is 5.57 Å². The van der Waals surface area contributed by atoms with Gasteiger partial charge in [0.05, 0.1) is 0 Å². The summed E-state index contributed by atoms with van der Waals surface area (Å²) < 4.78 is 0. The summed E-state index contributed by atoms with van der Waals surface area (Å²) in [5.74, 6) is 0.603. The first-order valence-electron chi connectivity index (χ1n) is 8.23. The molecule has 0 bridgehead atoms. The Labute approximate surface area is 139 Å². The Kier molecular flexibility index (Phi) is 3.89. The van der Waals surface area contributed by atoms with E-state index in [9.17, 15) is 0 Å². The summed E-state index contributed by atoms with van der Waals surface area (Å²) in [5.41, 5.74) is 7.44. The van der Waals surface area contributed by atoms with Crippen molar-refractivity contribution >= 4 is 17.3 Å². The van der Waals surface area contributed by atoms with Gasteiger partial charge >= 0.3 is 0 Å². The Hall–Kier alpha value is -1.21. The van der Waals surface area contributed by atoms with Gasteiger partial charge in [0.15, 0.2) is 0 Å². The summed E-state index contributed by atoms with van der Waals surface area (Å²) in [6.45, 7) is 13.7. The SMILES string of the molecule is CC(C)C1=CC2=C(c3ccc(C(C)(C)C)cc3)C(C)SC2=C1. The van der Waals surface area contributed by atoms with Gasteiger partial charge in [-0.15, -0.1) is 11.8 Å². The van der Waals surface area contributed by atoms with Gasteiger partial charge in [0.2, 0.25) is 0 Å². The first-order valence-corrected chi connectivity index (χ1v) is 9.10. The number of allylic oxidation sites excluding steroid dienone is 4. The molecule has 0 N–H and O–H groups in total. The number of hydrogen-bond donors (Lipinski definition) is 0. The molecule has 0 amide bonds. The normalized spacial score (nSPS) is 21.3. The summed E-state index contributed by atoms with van der Waals surface area (Å²) in [7, 11) is 0. The fraction of sp³-hybridized carbons (Fsp3) is 0.429. The Morgan fingerprint density at radius 1 is 1.00 bits per heavy atom. The van der Waals surface area contributed by atoms with Crippen molar-refractivity contribution in [2.45, 2.75) is 52.2 Å². The Balaban J connectivity index is 2.02. The molecule has 0 radical (unpaired) electrons. The maximum absolute atomic E-state index is 2.41. The number of rotatable bonds is 2. The van der Waals surface area contributed by atoms with Crippen molar-refractivity contribution in [3.05, 3.63) is 63.6 Å². The third kappa shape index (κ3) is 2.72.